The van der Waals surface area contributed by atoms with Gasteiger partial charge in [0, 0.05) is 18.5 Å². The van der Waals surface area contributed by atoms with Crippen molar-refractivity contribution < 1.29 is 14.3 Å². The van der Waals surface area contributed by atoms with Gasteiger partial charge in [0.2, 0.25) is 5.91 Å². The SMILES string of the molecule is COc1cccc(C(=O)NCCC(=O)n2cnc3cc(C)c(C)cc32)c1. The van der Waals surface area contributed by atoms with Gasteiger partial charge in [-0.25, -0.2) is 4.98 Å². The number of amides is 1. The number of benzene rings is 2. The van der Waals surface area contributed by atoms with Crippen LogP contribution < -0.4 is 10.1 Å². The van der Waals surface area contributed by atoms with E-state index in [1.54, 1.807) is 35.9 Å². The van der Waals surface area contributed by atoms with E-state index in [9.17, 15) is 9.59 Å². The molecule has 26 heavy (non-hydrogen) atoms. The molecule has 134 valence electrons. The van der Waals surface area contributed by atoms with Gasteiger partial charge in [-0.3, -0.25) is 14.2 Å². The monoisotopic (exact) mass is 351 g/mol. The molecule has 1 amide bonds. The molecule has 2 aromatic carbocycles. The lowest BCUT2D eigenvalue weighted by atomic mass is 10.1. The van der Waals surface area contributed by atoms with Gasteiger partial charge in [-0.1, -0.05) is 6.07 Å². The highest BCUT2D eigenvalue weighted by Gasteiger charge is 2.12. The van der Waals surface area contributed by atoms with Crippen molar-refractivity contribution in [1.29, 1.82) is 0 Å². The Labute approximate surface area is 151 Å². The highest BCUT2D eigenvalue weighted by Crippen LogP contribution is 2.18. The van der Waals surface area contributed by atoms with Crippen LogP contribution in [0.1, 0.15) is 32.7 Å². The maximum absolute atomic E-state index is 12.5. The highest BCUT2D eigenvalue weighted by molar-refractivity contribution is 5.95. The molecule has 1 aromatic heterocycles. The van der Waals surface area contributed by atoms with Gasteiger partial charge in [0.15, 0.2) is 0 Å². The summed E-state index contributed by atoms with van der Waals surface area (Å²) >= 11 is 0. The number of fused-ring (bicyclic) bond motifs is 1. The van der Waals surface area contributed by atoms with Crippen LogP contribution in [-0.4, -0.2) is 35.0 Å². The van der Waals surface area contributed by atoms with Crippen LogP contribution in [0.4, 0.5) is 0 Å². The van der Waals surface area contributed by atoms with Crippen molar-refractivity contribution in [3.8, 4) is 5.75 Å². The predicted molar refractivity (Wildman–Crippen MR) is 99.8 cm³/mol. The number of aryl methyl sites for hydroxylation is 2. The summed E-state index contributed by atoms with van der Waals surface area (Å²) in [6.45, 7) is 4.27. The molecule has 0 aliphatic carbocycles. The summed E-state index contributed by atoms with van der Waals surface area (Å²) in [5, 5.41) is 2.76. The smallest absolute Gasteiger partial charge is 0.251 e. The number of nitrogens with zero attached hydrogens (tertiary/aromatic N) is 2. The molecule has 6 nitrogen and oxygen atoms in total. The van der Waals surface area contributed by atoms with E-state index in [-0.39, 0.29) is 24.8 Å². The van der Waals surface area contributed by atoms with Crippen molar-refractivity contribution in [1.82, 2.24) is 14.9 Å². The van der Waals surface area contributed by atoms with Crippen LogP contribution in [0.5, 0.6) is 5.75 Å². The van der Waals surface area contributed by atoms with E-state index < -0.39 is 0 Å². The van der Waals surface area contributed by atoms with Gasteiger partial charge in [0.25, 0.3) is 5.91 Å². The quantitative estimate of drug-likeness (QED) is 0.766. The molecule has 0 atom stereocenters. The Balaban J connectivity index is 1.64. The van der Waals surface area contributed by atoms with Gasteiger partial charge in [-0.2, -0.15) is 0 Å². The van der Waals surface area contributed by atoms with Crippen LogP contribution in [0.2, 0.25) is 0 Å². The average molecular weight is 351 g/mol. The van der Waals surface area contributed by atoms with Crippen LogP contribution in [0.3, 0.4) is 0 Å². The summed E-state index contributed by atoms with van der Waals surface area (Å²) in [5.41, 5.74) is 4.33. The third kappa shape index (κ3) is 3.59. The first-order valence-corrected chi connectivity index (χ1v) is 8.39. The largest absolute Gasteiger partial charge is 0.497 e. The van der Waals surface area contributed by atoms with E-state index in [0.717, 1.165) is 22.2 Å². The molecule has 0 saturated carbocycles. The third-order valence-electron chi connectivity index (χ3n) is 4.39. The molecule has 0 fully saturated rings. The van der Waals surface area contributed by atoms with Crippen LogP contribution in [0.15, 0.2) is 42.7 Å². The molecular formula is C20H21N3O3. The third-order valence-corrected chi connectivity index (χ3v) is 4.39. The van der Waals surface area contributed by atoms with E-state index in [4.69, 9.17) is 4.74 Å². The summed E-state index contributed by atoms with van der Waals surface area (Å²) in [4.78, 5) is 29.0. The molecule has 0 spiro atoms. The Hall–Kier alpha value is -3.15. The molecule has 0 unspecified atom stereocenters. The van der Waals surface area contributed by atoms with Crippen molar-refractivity contribution in [2.45, 2.75) is 20.3 Å². The van der Waals surface area contributed by atoms with E-state index in [0.29, 0.717) is 11.3 Å². The van der Waals surface area contributed by atoms with Crippen LogP contribution in [-0.2, 0) is 0 Å². The summed E-state index contributed by atoms with van der Waals surface area (Å²) in [6, 6.07) is 10.8. The standard InChI is InChI=1S/C20H21N3O3/c1-13-9-17-18(10-14(13)2)23(12-22-17)19(24)7-8-21-20(25)15-5-4-6-16(11-15)26-3/h4-6,9-12H,7-8H2,1-3H3,(H,21,25). The summed E-state index contributed by atoms with van der Waals surface area (Å²) in [7, 11) is 1.55. The Bertz CT molecular complexity index is 976. The number of hydrogen-bond donors (Lipinski definition) is 1. The molecule has 6 heteroatoms. The number of rotatable bonds is 5. The first-order valence-electron chi connectivity index (χ1n) is 8.39. The summed E-state index contributed by atoms with van der Waals surface area (Å²) in [6.07, 6.45) is 1.73. The number of aromatic nitrogens is 2. The van der Waals surface area contributed by atoms with Crippen molar-refractivity contribution >= 4 is 22.8 Å². The number of carbonyl (C=O) groups is 2. The van der Waals surface area contributed by atoms with Gasteiger partial charge in [-0.05, 0) is 55.3 Å². The molecule has 0 bridgehead atoms. The normalized spacial score (nSPS) is 10.7. The summed E-state index contributed by atoms with van der Waals surface area (Å²) < 4.78 is 6.65. The molecule has 1 heterocycles. The predicted octanol–water partition coefficient (Wildman–Crippen LogP) is 3.12. The zero-order valence-corrected chi connectivity index (χ0v) is 15.1. The number of ether oxygens (including phenoxy) is 1. The van der Waals surface area contributed by atoms with E-state index in [1.807, 2.05) is 26.0 Å². The fourth-order valence-electron chi connectivity index (χ4n) is 2.73. The van der Waals surface area contributed by atoms with Crippen molar-refractivity contribution in [3.63, 3.8) is 0 Å². The lowest BCUT2D eigenvalue weighted by molar-refractivity contribution is 0.0897. The Morgan fingerprint density at radius 2 is 1.92 bits per heavy atom. The van der Waals surface area contributed by atoms with Gasteiger partial charge >= 0.3 is 0 Å². The van der Waals surface area contributed by atoms with Crippen molar-refractivity contribution in [2.24, 2.45) is 0 Å². The molecule has 1 N–H and O–H groups in total. The molecule has 3 rings (SSSR count). The maximum atomic E-state index is 12.5. The van der Waals surface area contributed by atoms with E-state index in [2.05, 4.69) is 10.3 Å². The minimum absolute atomic E-state index is 0.110. The molecule has 0 radical (unpaired) electrons. The fourth-order valence-corrected chi connectivity index (χ4v) is 2.73. The lowest BCUT2D eigenvalue weighted by Gasteiger charge is -2.08. The second kappa shape index (κ2) is 7.39. The van der Waals surface area contributed by atoms with E-state index in [1.165, 1.54) is 6.33 Å². The minimum atomic E-state index is -0.237. The van der Waals surface area contributed by atoms with Gasteiger partial charge in [0.1, 0.15) is 12.1 Å². The molecule has 0 saturated heterocycles. The topological polar surface area (TPSA) is 73.2 Å². The second-order valence-electron chi connectivity index (χ2n) is 6.17. The van der Waals surface area contributed by atoms with Crippen LogP contribution in [0.25, 0.3) is 11.0 Å². The second-order valence-corrected chi connectivity index (χ2v) is 6.17. The van der Waals surface area contributed by atoms with Crippen molar-refractivity contribution in [2.75, 3.05) is 13.7 Å². The Kier molecular flexibility index (Phi) is 5.02. The van der Waals surface area contributed by atoms with Gasteiger partial charge < -0.3 is 10.1 Å². The van der Waals surface area contributed by atoms with Gasteiger partial charge in [0.05, 0.1) is 18.1 Å². The first kappa shape index (κ1) is 17.7. The number of methoxy groups -OCH3 is 1. The van der Waals surface area contributed by atoms with Gasteiger partial charge in [-0.15, -0.1) is 0 Å². The first-order chi connectivity index (χ1) is 12.5. The maximum Gasteiger partial charge on any atom is 0.251 e. The lowest BCUT2D eigenvalue weighted by Crippen LogP contribution is -2.27. The fraction of sp³-hybridized carbons (Fsp3) is 0.250. The molecule has 0 aliphatic rings. The highest BCUT2D eigenvalue weighted by atomic mass is 16.5. The average Bonchev–Trinajstić information content (AvgIpc) is 3.04. The zero-order valence-electron chi connectivity index (χ0n) is 15.1. The molecule has 0 aliphatic heterocycles. The number of imidazole rings is 1. The molecule has 3 aromatic rings. The van der Waals surface area contributed by atoms with Crippen LogP contribution >= 0.6 is 0 Å². The number of nitrogens with one attached hydrogen (secondary N) is 1. The minimum Gasteiger partial charge on any atom is -0.497 e. The summed E-state index contributed by atoms with van der Waals surface area (Å²) in [5.74, 6) is 0.268. The Morgan fingerprint density at radius 1 is 1.15 bits per heavy atom. The van der Waals surface area contributed by atoms with Crippen molar-refractivity contribution in [3.05, 3.63) is 59.4 Å². The number of carbonyl (C=O) groups excluding carboxylic acids is 2. The Morgan fingerprint density at radius 3 is 2.69 bits per heavy atom. The molecular weight excluding hydrogens is 330 g/mol. The van der Waals surface area contributed by atoms with E-state index >= 15 is 0 Å². The number of hydrogen-bond acceptors (Lipinski definition) is 4. The van der Waals surface area contributed by atoms with Crippen LogP contribution in [0, 0.1) is 13.8 Å². The zero-order chi connectivity index (χ0) is 18.7.